The molecule has 0 aliphatic rings. The number of carbonyl (C=O) groups excluding carboxylic acids is 1. The Bertz CT molecular complexity index is 737. The van der Waals surface area contributed by atoms with Gasteiger partial charge in [0.2, 0.25) is 0 Å². The second kappa shape index (κ2) is 8.19. The van der Waals surface area contributed by atoms with E-state index < -0.39 is 6.10 Å². The Morgan fingerprint density at radius 2 is 1.64 bits per heavy atom. The Morgan fingerprint density at radius 1 is 0.960 bits per heavy atom. The van der Waals surface area contributed by atoms with Crippen molar-refractivity contribution in [3.05, 3.63) is 64.7 Å². The molecule has 0 aliphatic carbocycles. The lowest BCUT2D eigenvalue weighted by atomic mass is 10.00. The zero-order valence-corrected chi connectivity index (χ0v) is 16.1. The van der Waals surface area contributed by atoms with Crippen LogP contribution in [0.2, 0.25) is 0 Å². The minimum absolute atomic E-state index is 0.0567. The van der Waals surface area contributed by atoms with Gasteiger partial charge in [-0.1, -0.05) is 55.8 Å². The molecule has 2 aromatic carbocycles. The maximum absolute atomic E-state index is 12.6. The summed E-state index contributed by atoms with van der Waals surface area (Å²) in [5.41, 5.74) is 4.63. The van der Waals surface area contributed by atoms with Crippen molar-refractivity contribution in [3.63, 3.8) is 0 Å². The van der Waals surface area contributed by atoms with Crippen molar-refractivity contribution in [3.8, 4) is 5.75 Å². The van der Waals surface area contributed by atoms with E-state index in [0.29, 0.717) is 5.92 Å². The number of rotatable bonds is 6. The number of hydrogen-bond donors (Lipinski definition) is 1. The van der Waals surface area contributed by atoms with Crippen LogP contribution in [0.25, 0.3) is 0 Å². The van der Waals surface area contributed by atoms with E-state index in [9.17, 15) is 4.79 Å². The van der Waals surface area contributed by atoms with Gasteiger partial charge in [-0.2, -0.15) is 0 Å². The fraction of sp³-hybridized carbons (Fsp3) is 0.409. The summed E-state index contributed by atoms with van der Waals surface area (Å²) < 4.78 is 5.95. The van der Waals surface area contributed by atoms with Crippen LogP contribution < -0.4 is 10.1 Å². The summed E-state index contributed by atoms with van der Waals surface area (Å²) in [6.07, 6.45) is -0.549. The molecule has 2 unspecified atom stereocenters. The van der Waals surface area contributed by atoms with Gasteiger partial charge in [0.1, 0.15) is 5.75 Å². The molecule has 2 rings (SSSR count). The lowest BCUT2D eigenvalue weighted by Crippen LogP contribution is -2.38. The molecule has 0 aromatic heterocycles. The fourth-order valence-electron chi connectivity index (χ4n) is 2.94. The van der Waals surface area contributed by atoms with Crippen LogP contribution >= 0.6 is 0 Å². The van der Waals surface area contributed by atoms with E-state index >= 15 is 0 Å². The molecule has 0 saturated heterocycles. The van der Waals surface area contributed by atoms with Gasteiger partial charge in [0.15, 0.2) is 6.10 Å². The summed E-state index contributed by atoms with van der Waals surface area (Å²) >= 11 is 0. The van der Waals surface area contributed by atoms with Gasteiger partial charge in [-0.25, -0.2) is 0 Å². The van der Waals surface area contributed by atoms with Crippen LogP contribution in [0.1, 0.15) is 61.9 Å². The van der Waals surface area contributed by atoms with Gasteiger partial charge in [-0.3, -0.25) is 4.79 Å². The minimum atomic E-state index is -0.549. The van der Waals surface area contributed by atoms with Crippen molar-refractivity contribution in [2.24, 2.45) is 0 Å². The highest BCUT2D eigenvalue weighted by atomic mass is 16.5. The highest BCUT2D eigenvalue weighted by Crippen LogP contribution is 2.27. The van der Waals surface area contributed by atoms with Gasteiger partial charge in [0, 0.05) is 0 Å². The summed E-state index contributed by atoms with van der Waals surface area (Å²) in [5.74, 6) is 1.02. The van der Waals surface area contributed by atoms with Crippen molar-refractivity contribution in [2.45, 2.75) is 59.6 Å². The predicted octanol–water partition coefficient (Wildman–Crippen LogP) is 5.07. The summed E-state index contributed by atoms with van der Waals surface area (Å²) in [6, 6.07) is 14.1. The topological polar surface area (TPSA) is 38.3 Å². The number of ether oxygens (including phenoxy) is 1. The lowest BCUT2D eigenvalue weighted by molar-refractivity contribution is -0.127. The zero-order valence-electron chi connectivity index (χ0n) is 16.1. The fourth-order valence-corrected chi connectivity index (χ4v) is 2.94. The lowest BCUT2D eigenvalue weighted by Gasteiger charge is -2.22. The van der Waals surface area contributed by atoms with Gasteiger partial charge in [0.05, 0.1) is 6.04 Å². The maximum Gasteiger partial charge on any atom is 0.261 e. The Morgan fingerprint density at radius 3 is 2.32 bits per heavy atom. The third kappa shape index (κ3) is 4.85. The number of benzene rings is 2. The molecule has 0 aliphatic heterocycles. The first kappa shape index (κ1) is 19.0. The molecule has 134 valence electrons. The molecular weight excluding hydrogens is 310 g/mol. The van der Waals surface area contributed by atoms with Gasteiger partial charge >= 0.3 is 0 Å². The van der Waals surface area contributed by atoms with Gasteiger partial charge < -0.3 is 10.1 Å². The quantitative estimate of drug-likeness (QED) is 0.798. The number of nitrogens with one attached hydrogen (secondary N) is 1. The Balaban J connectivity index is 2.07. The molecule has 2 atom stereocenters. The number of para-hydroxylation sites is 1. The van der Waals surface area contributed by atoms with Crippen LogP contribution in [0.3, 0.4) is 0 Å². The SMILES string of the molecule is Cc1ccc(C)c(C(C)NC(=O)C(C)Oc2ccccc2C(C)C)c1. The van der Waals surface area contributed by atoms with E-state index in [1.54, 1.807) is 6.92 Å². The van der Waals surface area contributed by atoms with Crippen molar-refractivity contribution >= 4 is 5.91 Å². The largest absolute Gasteiger partial charge is 0.481 e. The molecule has 0 bridgehead atoms. The third-order valence-electron chi connectivity index (χ3n) is 4.47. The molecule has 25 heavy (non-hydrogen) atoms. The van der Waals surface area contributed by atoms with Gasteiger partial charge in [0.25, 0.3) is 5.91 Å². The maximum atomic E-state index is 12.6. The molecule has 0 saturated carbocycles. The van der Waals surface area contributed by atoms with E-state index in [0.717, 1.165) is 16.9 Å². The monoisotopic (exact) mass is 339 g/mol. The standard InChI is InChI=1S/C22H29NO2/c1-14(2)19-9-7-8-10-21(19)25-18(6)22(24)23-17(5)20-13-15(3)11-12-16(20)4/h7-14,17-18H,1-6H3,(H,23,24). The number of aryl methyl sites for hydroxylation is 2. The Labute approximate surface area is 151 Å². The second-order valence-electron chi connectivity index (χ2n) is 7.04. The normalized spacial score (nSPS) is 13.4. The average Bonchev–Trinajstić information content (AvgIpc) is 2.57. The van der Waals surface area contributed by atoms with Crippen LogP contribution in [0.4, 0.5) is 0 Å². The van der Waals surface area contributed by atoms with Crippen molar-refractivity contribution in [1.82, 2.24) is 5.32 Å². The molecule has 3 nitrogen and oxygen atoms in total. The molecule has 1 amide bonds. The van der Waals surface area contributed by atoms with Gasteiger partial charge in [-0.05, 0) is 56.4 Å². The smallest absolute Gasteiger partial charge is 0.261 e. The van der Waals surface area contributed by atoms with Crippen LogP contribution in [-0.2, 0) is 4.79 Å². The highest BCUT2D eigenvalue weighted by Gasteiger charge is 2.20. The predicted molar refractivity (Wildman–Crippen MR) is 103 cm³/mol. The first-order chi connectivity index (χ1) is 11.8. The Hall–Kier alpha value is -2.29. The van der Waals surface area contributed by atoms with E-state index in [1.165, 1.54) is 11.1 Å². The Kier molecular flexibility index (Phi) is 6.24. The van der Waals surface area contributed by atoms with Crippen LogP contribution in [0.5, 0.6) is 5.75 Å². The van der Waals surface area contributed by atoms with Crippen LogP contribution in [-0.4, -0.2) is 12.0 Å². The molecule has 0 spiro atoms. The molecule has 3 heteroatoms. The molecule has 0 fully saturated rings. The molecule has 1 N–H and O–H groups in total. The highest BCUT2D eigenvalue weighted by molar-refractivity contribution is 5.81. The van der Waals surface area contributed by atoms with Crippen LogP contribution in [0.15, 0.2) is 42.5 Å². The van der Waals surface area contributed by atoms with Gasteiger partial charge in [-0.15, -0.1) is 0 Å². The molecule has 0 heterocycles. The number of hydrogen-bond acceptors (Lipinski definition) is 2. The third-order valence-corrected chi connectivity index (χ3v) is 4.47. The second-order valence-corrected chi connectivity index (χ2v) is 7.04. The zero-order chi connectivity index (χ0) is 18.6. The molecular formula is C22H29NO2. The first-order valence-corrected chi connectivity index (χ1v) is 8.92. The molecule has 2 aromatic rings. The van der Waals surface area contributed by atoms with E-state index in [4.69, 9.17) is 4.74 Å². The first-order valence-electron chi connectivity index (χ1n) is 8.92. The summed E-state index contributed by atoms with van der Waals surface area (Å²) in [4.78, 5) is 12.6. The van der Waals surface area contributed by atoms with Crippen molar-refractivity contribution in [2.75, 3.05) is 0 Å². The van der Waals surface area contributed by atoms with Crippen molar-refractivity contribution in [1.29, 1.82) is 0 Å². The minimum Gasteiger partial charge on any atom is -0.481 e. The van der Waals surface area contributed by atoms with Crippen LogP contribution in [0, 0.1) is 13.8 Å². The molecule has 0 radical (unpaired) electrons. The van der Waals surface area contributed by atoms with Crippen molar-refractivity contribution < 1.29 is 9.53 Å². The van der Waals surface area contributed by atoms with E-state index in [1.807, 2.05) is 31.2 Å². The number of carbonyl (C=O) groups is 1. The van der Waals surface area contributed by atoms with E-state index in [2.05, 4.69) is 51.2 Å². The average molecular weight is 339 g/mol. The number of amides is 1. The van der Waals surface area contributed by atoms with E-state index in [-0.39, 0.29) is 11.9 Å². The summed E-state index contributed by atoms with van der Waals surface area (Å²) in [5, 5.41) is 3.07. The summed E-state index contributed by atoms with van der Waals surface area (Å²) in [7, 11) is 0. The summed E-state index contributed by atoms with van der Waals surface area (Å²) in [6.45, 7) is 12.2.